The lowest BCUT2D eigenvalue weighted by Gasteiger charge is -2.14. The van der Waals surface area contributed by atoms with Gasteiger partial charge < -0.3 is 4.74 Å². The van der Waals surface area contributed by atoms with Crippen LogP contribution in [0, 0.1) is 0 Å². The Kier molecular flexibility index (Phi) is 4.80. The minimum absolute atomic E-state index is 0.294. The zero-order valence-electron chi connectivity index (χ0n) is 8.99. The van der Waals surface area contributed by atoms with Crippen LogP contribution in [0.5, 0.6) is 5.88 Å². The van der Waals surface area contributed by atoms with E-state index >= 15 is 0 Å². The van der Waals surface area contributed by atoms with Gasteiger partial charge in [-0.3, -0.25) is 0 Å². The summed E-state index contributed by atoms with van der Waals surface area (Å²) < 4.78 is 5.69. The van der Waals surface area contributed by atoms with Gasteiger partial charge in [0.2, 0.25) is 5.88 Å². The topological polar surface area (TPSA) is 22.1 Å². The molecule has 1 rings (SSSR count). The Morgan fingerprint density at radius 3 is 2.50 bits per heavy atom. The molecule has 0 fully saturated rings. The van der Waals surface area contributed by atoms with Crippen LogP contribution in [0.15, 0.2) is 23.2 Å². The summed E-state index contributed by atoms with van der Waals surface area (Å²) in [5.74, 6) is 0.733. The molecule has 0 spiro atoms. The van der Waals surface area contributed by atoms with E-state index in [1.807, 2.05) is 24.6 Å². The first-order valence-electron chi connectivity index (χ1n) is 4.96. The zero-order chi connectivity index (χ0) is 10.4. The van der Waals surface area contributed by atoms with E-state index in [2.05, 4.69) is 18.8 Å². The van der Waals surface area contributed by atoms with Crippen molar-refractivity contribution in [3.8, 4) is 5.88 Å². The molecule has 0 unspecified atom stereocenters. The largest absolute Gasteiger partial charge is 0.474 e. The van der Waals surface area contributed by atoms with Crippen molar-refractivity contribution in [1.82, 2.24) is 4.98 Å². The van der Waals surface area contributed by atoms with Crippen molar-refractivity contribution in [1.29, 1.82) is 0 Å². The minimum Gasteiger partial charge on any atom is -0.474 e. The molecule has 0 aliphatic heterocycles. The van der Waals surface area contributed by atoms with Crippen LogP contribution >= 0.6 is 11.8 Å². The molecule has 1 aromatic rings. The van der Waals surface area contributed by atoms with Gasteiger partial charge in [0, 0.05) is 17.2 Å². The predicted octanol–water partition coefficient (Wildman–Crippen LogP) is 3.37. The third-order valence-corrected chi connectivity index (χ3v) is 2.86. The number of hydrogen-bond donors (Lipinski definition) is 0. The summed E-state index contributed by atoms with van der Waals surface area (Å²) in [6.45, 7) is 4.26. The van der Waals surface area contributed by atoms with E-state index in [9.17, 15) is 0 Å². The summed E-state index contributed by atoms with van der Waals surface area (Å²) in [7, 11) is 0. The van der Waals surface area contributed by atoms with Crippen LogP contribution in [0.4, 0.5) is 0 Å². The van der Waals surface area contributed by atoms with Crippen molar-refractivity contribution in [2.75, 3.05) is 6.26 Å². The minimum atomic E-state index is 0.294. The lowest BCUT2D eigenvalue weighted by atomic mass is 10.2. The number of pyridine rings is 1. The van der Waals surface area contributed by atoms with Gasteiger partial charge in [-0.05, 0) is 25.2 Å². The maximum absolute atomic E-state index is 5.69. The molecule has 0 aromatic carbocycles. The first-order chi connectivity index (χ1) is 6.80. The van der Waals surface area contributed by atoms with Crippen LogP contribution in [0.2, 0.25) is 0 Å². The molecule has 0 amide bonds. The molecular formula is C11H17NOS. The van der Waals surface area contributed by atoms with Crippen LogP contribution in [-0.4, -0.2) is 17.3 Å². The molecule has 0 radical (unpaired) electrons. The van der Waals surface area contributed by atoms with Crippen molar-refractivity contribution < 1.29 is 4.74 Å². The van der Waals surface area contributed by atoms with E-state index in [0.717, 1.165) is 18.7 Å². The smallest absolute Gasteiger partial charge is 0.213 e. The SMILES string of the molecule is CCC(CC)Oc1ccc(SC)cn1. The van der Waals surface area contributed by atoms with Crippen LogP contribution in [0.1, 0.15) is 26.7 Å². The number of aromatic nitrogens is 1. The van der Waals surface area contributed by atoms with Gasteiger partial charge in [-0.25, -0.2) is 4.98 Å². The Morgan fingerprint density at radius 1 is 1.36 bits per heavy atom. The van der Waals surface area contributed by atoms with E-state index in [4.69, 9.17) is 4.74 Å². The van der Waals surface area contributed by atoms with Gasteiger partial charge in [-0.1, -0.05) is 13.8 Å². The van der Waals surface area contributed by atoms with Crippen LogP contribution in [-0.2, 0) is 0 Å². The summed E-state index contributed by atoms with van der Waals surface area (Å²) in [5, 5.41) is 0. The number of rotatable bonds is 5. The maximum atomic E-state index is 5.69. The summed E-state index contributed by atoms with van der Waals surface area (Å²) in [6, 6.07) is 3.97. The monoisotopic (exact) mass is 211 g/mol. The molecule has 2 nitrogen and oxygen atoms in total. The highest BCUT2D eigenvalue weighted by atomic mass is 32.2. The van der Waals surface area contributed by atoms with E-state index in [-0.39, 0.29) is 0 Å². The lowest BCUT2D eigenvalue weighted by molar-refractivity contribution is 0.185. The molecule has 1 aromatic heterocycles. The first kappa shape index (κ1) is 11.4. The van der Waals surface area contributed by atoms with Gasteiger partial charge in [-0.15, -0.1) is 11.8 Å². The number of hydrogen-bond acceptors (Lipinski definition) is 3. The Morgan fingerprint density at radius 2 is 2.07 bits per heavy atom. The van der Waals surface area contributed by atoms with Crippen LogP contribution in [0.3, 0.4) is 0 Å². The Balaban J connectivity index is 2.58. The fourth-order valence-electron chi connectivity index (χ4n) is 1.18. The highest BCUT2D eigenvalue weighted by Crippen LogP contribution is 2.17. The molecule has 0 saturated heterocycles. The highest BCUT2D eigenvalue weighted by molar-refractivity contribution is 7.98. The first-order valence-corrected chi connectivity index (χ1v) is 6.19. The highest BCUT2D eigenvalue weighted by Gasteiger charge is 2.05. The van der Waals surface area contributed by atoms with Crippen LogP contribution < -0.4 is 4.74 Å². The van der Waals surface area contributed by atoms with Crippen LogP contribution in [0.25, 0.3) is 0 Å². The Bertz CT molecular complexity index is 256. The van der Waals surface area contributed by atoms with Gasteiger partial charge >= 0.3 is 0 Å². The van der Waals surface area contributed by atoms with E-state index in [1.165, 1.54) is 4.90 Å². The fraction of sp³-hybridized carbons (Fsp3) is 0.545. The molecule has 78 valence electrons. The fourth-order valence-corrected chi connectivity index (χ4v) is 1.55. The van der Waals surface area contributed by atoms with E-state index < -0.39 is 0 Å². The van der Waals surface area contributed by atoms with Crippen molar-refractivity contribution in [3.05, 3.63) is 18.3 Å². The average Bonchev–Trinajstić information content (AvgIpc) is 2.26. The second-order valence-electron chi connectivity index (χ2n) is 3.09. The predicted molar refractivity (Wildman–Crippen MR) is 61.0 cm³/mol. The number of ether oxygens (including phenoxy) is 1. The van der Waals surface area contributed by atoms with E-state index in [0.29, 0.717) is 6.10 Å². The summed E-state index contributed by atoms with van der Waals surface area (Å²) >= 11 is 1.69. The van der Waals surface area contributed by atoms with Crippen molar-refractivity contribution in [3.63, 3.8) is 0 Å². The summed E-state index contributed by atoms with van der Waals surface area (Å²) in [5.41, 5.74) is 0. The van der Waals surface area contributed by atoms with E-state index in [1.54, 1.807) is 11.8 Å². The molecule has 0 bridgehead atoms. The molecule has 3 heteroatoms. The second kappa shape index (κ2) is 5.91. The van der Waals surface area contributed by atoms with Crippen molar-refractivity contribution in [2.24, 2.45) is 0 Å². The number of thioether (sulfide) groups is 1. The molecule has 14 heavy (non-hydrogen) atoms. The summed E-state index contributed by atoms with van der Waals surface area (Å²) in [4.78, 5) is 5.41. The quantitative estimate of drug-likeness (QED) is 0.697. The van der Waals surface area contributed by atoms with Crippen molar-refractivity contribution in [2.45, 2.75) is 37.7 Å². The van der Waals surface area contributed by atoms with Gasteiger partial charge in [0.1, 0.15) is 0 Å². The third-order valence-electron chi connectivity index (χ3n) is 2.14. The molecule has 0 aliphatic rings. The Labute approximate surface area is 90.1 Å². The van der Waals surface area contributed by atoms with Gasteiger partial charge in [-0.2, -0.15) is 0 Å². The summed E-state index contributed by atoms with van der Waals surface area (Å²) in [6.07, 6.45) is 6.24. The molecular weight excluding hydrogens is 194 g/mol. The average molecular weight is 211 g/mol. The lowest BCUT2D eigenvalue weighted by Crippen LogP contribution is -2.14. The zero-order valence-corrected chi connectivity index (χ0v) is 9.80. The molecule has 0 atom stereocenters. The molecule has 0 saturated carbocycles. The van der Waals surface area contributed by atoms with Gasteiger partial charge in [0.15, 0.2) is 0 Å². The molecule has 1 heterocycles. The third kappa shape index (κ3) is 3.22. The standard InChI is InChI=1S/C11H17NOS/c1-4-9(5-2)13-11-7-6-10(14-3)8-12-11/h6-9H,4-5H2,1-3H3. The molecule has 0 N–H and O–H groups in total. The van der Waals surface area contributed by atoms with Gasteiger partial charge in [0.05, 0.1) is 6.10 Å². The maximum Gasteiger partial charge on any atom is 0.213 e. The normalized spacial score (nSPS) is 10.6. The Hall–Kier alpha value is -0.700. The second-order valence-corrected chi connectivity index (χ2v) is 3.97. The van der Waals surface area contributed by atoms with Gasteiger partial charge in [0.25, 0.3) is 0 Å². The number of nitrogens with zero attached hydrogens (tertiary/aromatic N) is 1. The van der Waals surface area contributed by atoms with Crippen molar-refractivity contribution >= 4 is 11.8 Å². The molecule has 0 aliphatic carbocycles.